The van der Waals surface area contributed by atoms with Crippen molar-refractivity contribution in [2.45, 2.75) is 19.9 Å². The molecule has 6 heteroatoms. The molecule has 0 bridgehead atoms. The summed E-state index contributed by atoms with van der Waals surface area (Å²) < 4.78 is 5.66. The highest BCUT2D eigenvalue weighted by molar-refractivity contribution is 6.30. The summed E-state index contributed by atoms with van der Waals surface area (Å²) in [5, 5.41) is 8.73. The molecular weight excluding hydrogens is 338 g/mol. The van der Waals surface area contributed by atoms with Gasteiger partial charge in [-0.15, -0.1) is 10.2 Å². The van der Waals surface area contributed by atoms with E-state index in [4.69, 9.17) is 16.0 Å². The lowest BCUT2D eigenvalue weighted by molar-refractivity contribution is -0.130. The van der Waals surface area contributed by atoms with Crippen molar-refractivity contribution in [3.63, 3.8) is 0 Å². The summed E-state index contributed by atoms with van der Waals surface area (Å²) in [6.07, 6.45) is 0.298. The number of benzene rings is 2. The van der Waals surface area contributed by atoms with E-state index in [2.05, 4.69) is 10.2 Å². The molecule has 0 spiro atoms. The summed E-state index contributed by atoms with van der Waals surface area (Å²) in [7, 11) is 1.72. The van der Waals surface area contributed by atoms with Gasteiger partial charge in [-0.1, -0.05) is 41.4 Å². The van der Waals surface area contributed by atoms with Crippen LogP contribution in [0.1, 0.15) is 17.0 Å². The van der Waals surface area contributed by atoms with E-state index in [-0.39, 0.29) is 12.5 Å². The number of carbonyl (C=O) groups excluding carboxylic acids is 1. The molecule has 0 saturated heterocycles. The van der Waals surface area contributed by atoms with E-state index in [1.807, 2.05) is 43.3 Å². The minimum atomic E-state index is -0.0302. The quantitative estimate of drug-likeness (QED) is 0.696. The number of nitrogens with zero attached hydrogens (tertiary/aromatic N) is 3. The van der Waals surface area contributed by atoms with Gasteiger partial charge in [0, 0.05) is 17.6 Å². The smallest absolute Gasteiger partial charge is 0.247 e. The first-order chi connectivity index (χ1) is 12.0. The second kappa shape index (κ2) is 7.49. The van der Waals surface area contributed by atoms with Gasteiger partial charge >= 0.3 is 0 Å². The Morgan fingerprint density at radius 2 is 1.76 bits per heavy atom. The van der Waals surface area contributed by atoms with E-state index in [0.29, 0.717) is 23.2 Å². The predicted molar refractivity (Wildman–Crippen MR) is 96.1 cm³/mol. The molecule has 1 heterocycles. The van der Waals surface area contributed by atoms with Crippen LogP contribution in [-0.4, -0.2) is 28.1 Å². The van der Waals surface area contributed by atoms with Crippen LogP contribution >= 0.6 is 11.6 Å². The van der Waals surface area contributed by atoms with Crippen LogP contribution in [0, 0.1) is 6.92 Å². The van der Waals surface area contributed by atoms with Gasteiger partial charge in [-0.3, -0.25) is 4.79 Å². The number of carbonyl (C=O) groups is 1. The average Bonchev–Trinajstić information content (AvgIpc) is 3.06. The molecule has 5 nitrogen and oxygen atoms in total. The lowest BCUT2D eigenvalue weighted by Crippen LogP contribution is -2.27. The van der Waals surface area contributed by atoms with E-state index < -0.39 is 0 Å². The van der Waals surface area contributed by atoms with Crippen molar-refractivity contribution in [2.24, 2.45) is 0 Å². The first-order valence-corrected chi connectivity index (χ1v) is 8.27. The first-order valence-electron chi connectivity index (χ1n) is 7.89. The molecule has 0 radical (unpaired) electrons. The maximum atomic E-state index is 12.3. The van der Waals surface area contributed by atoms with E-state index in [1.165, 1.54) is 0 Å². The number of hydrogen-bond acceptors (Lipinski definition) is 4. The second-order valence-corrected chi connectivity index (χ2v) is 6.36. The van der Waals surface area contributed by atoms with Crippen LogP contribution in [0.4, 0.5) is 0 Å². The molecule has 0 atom stereocenters. The Bertz CT molecular complexity index is 857. The van der Waals surface area contributed by atoms with Gasteiger partial charge in [0.15, 0.2) is 0 Å². The van der Waals surface area contributed by atoms with E-state index in [9.17, 15) is 4.79 Å². The molecule has 0 unspecified atom stereocenters. The van der Waals surface area contributed by atoms with E-state index in [0.717, 1.165) is 16.7 Å². The van der Waals surface area contributed by atoms with Crippen molar-refractivity contribution >= 4 is 17.5 Å². The topological polar surface area (TPSA) is 59.2 Å². The summed E-state index contributed by atoms with van der Waals surface area (Å²) in [6.45, 7) is 2.29. The summed E-state index contributed by atoms with van der Waals surface area (Å²) in [5.74, 6) is 0.827. The van der Waals surface area contributed by atoms with E-state index >= 15 is 0 Å². The van der Waals surface area contributed by atoms with Gasteiger partial charge in [-0.25, -0.2) is 0 Å². The summed E-state index contributed by atoms with van der Waals surface area (Å²) in [5.41, 5.74) is 2.93. The number of aryl methyl sites for hydroxylation is 1. The minimum Gasteiger partial charge on any atom is -0.419 e. The van der Waals surface area contributed by atoms with Crippen molar-refractivity contribution in [1.82, 2.24) is 15.1 Å². The van der Waals surface area contributed by atoms with Crippen LogP contribution in [0.2, 0.25) is 5.02 Å². The Balaban J connectivity index is 1.62. The number of aromatic nitrogens is 2. The third-order valence-electron chi connectivity index (χ3n) is 3.83. The summed E-state index contributed by atoms with van der Waals surface area (Å²) >= 11 is 5.86. The molecule has 0 aliphatic rings. The van der Waals surface area contributed by atoms with Crippen LogP contribution in [-0.2, 0) is 17.8 Å². The molecule has 0 aliphatic heterocycles. The molecule has 0 fully saturated rings. The molecule has 0 aliphatic carbocycles. The third-order valence-corrected chi connectivity index (χ3v) is 4.08. The second-order valence-electron chi connectivity index (χ2n) is 5.92. The number of rotatable bonds is 5. The minimum absolute atomic E-state index is 0.0302. The summed E-state index contributed by atoms with van der Waals surface area (Å²) in [6, 6.07) is 15.1. The Kier molecular flexibility index (Phi) is 5.14. The maximum absolute atomic E-state index is 12.3. The monoisotopic (exact) mass is 355 g/mol. The summed E-state index contributed by atoms with van der Waals surface area (Å²) in [4.78, 5) is 13.9. The highest BCUT2D eigenvalue weighted by atomic mass is 35.5. The van der Waals surface area contributed by atoms with Gasteiger partial charge in [0.2, 0.25) is 17.7 Å². The normalized spacial score (nSPS) is 10.7. The van der Waals surface area contributed by atoms with Gasteiger partial charge in [0.1, 0.15) is 0 Å². The fourth-order valence-electron chi connectivity index (χ4n) is 2.33. The fraction of sp³-hybridized carbons (Fsp3) is 0.211. The van der Waals surface area contributed by atoms with Crippen molar-refractivity contribution in [1.29, 1.82) is 0 Å². The van der Waals surface area contributed by atoms with Crippen LogP contribution in [0.5, 0.6) is 0 Å². The van der Waals surface area contributed by atoms with Crippen molar-refractivity contribution < 1.29 is 9.21 Å². The average molecular weight is 356 g/mol. The molecule has 1 aromatic heterocycles. The standard InChI is InChI=1S/C19H18ClN3O2/c1-13-3-7-15(8-4-13)19-22-21-17(25-19)12-23(2)18(24)11-14-5-9-16(20)10-6-14/h3-10H,11-12H2,1-2H3. The van der Waals surface area contributed by atoms with Crippen LogP contribution in [0.25, 0.3) is 11.5 Å². The Morgan fingerprint density at radius 3 is 2.44 bits per heavy atom. The zero-order valence-electron chi connectivity index (χ0n) is 14.1. The fourth-order valence-corrected chi connectivity index (χ4v) is 2.46. The number of hydrogen-bond donors (Lipinski definition) is 0. The Labute approximate surface area is 151 Å². The van der Waals surface area contributed by atoms with Gasteiger partial charge in [0.25, 0.3) is 0 Å². The van der Waals surface area contributed by atoms with Gasteiger partial charge < -0.3 is 9.32 Å². The molecule has 128 valence electrons. The molecule has 0 N–H and O–H groups in total. The van der Waals surface area contributed by atoms with Gasteiger partial charge in [-0.2, -0.15) is 0 Å². The maximum Gasteiger partial charge on any atom is 0.247 e. The SMILES string of the molecule is Cc1ccc(-c2nnc(CN(C)C(=O)Cc3ccc(Cl)cc3)o2)cc1. The van der Waals surface area contributed by atoms with Crippen LogP contribution in [0.3, 0.4) is 0 Å². The first kappa shape index (κ1) is 17.2. The van der Waals surface area contributed by atoms with Crippen molar-refractivity contribution in [2.75, 3.05) is 7.05 Å². The van der Waals surface area contributed by atoms with Crippen molar-refractivity contribution in [3.05, 3.63) is 70.6 Å². The number of likely N-dealkylation sites (N-methyl/N-ethyl adjacent to an activating group) is 1. The van der Waals surface area contributed by atoms with Crippen molar-refractivity contribution in [3.8, 4) is 11.5 Å². The lowest BCUT2D eigenvalue weighted by Gasteiger charge is -2.14. The van der Waals surface area contributed by atoms with Crippen LogP contribution in [0.15, 0.2) is 52.9 Å². The zero-order valence-corrected chi connectivity index (χ0v) is 14.8. The zero-order chi connectivity index (χ0) is 17.8. The van der Waals surface area contributed by atoms with E-state index in [1.54, 1.807) is 24.1 Å². The Hall–Kier alpha value is -2.66. The lowest BCUT2D eigenvalue weighted by atomic mass is 10.1. The van der Waals surface area contributed by atoms with Gasteiger partial charge in [-0.05, 0) is 36.8 Å². The predicted octanol–water partition coefficient (Wildman–Crippen LogP) is 3.90. The Morgan fingerprint density at radius 1 is 1.08 bits per heavy atom. The molecule has 25 heavy (non-hydrogen) atoms. The van der Waals surface area contributed by atoms with Gasteiger partial charge in [0.05, 0.1) is 13.0 Å². The highest BCUT2D eigenvalue weighted by Gasteiger charge is 2.15. The largest absolute Gasteiger partial charge is 0.419 e. The molecule has 0 saturated carbocycles. The number of amides is 1. The molecule has 3 aromatic rings. The third kappa shape index (κ3) is 4.45. The molecular formula is C19H18ClN3O2. The number of halogens is 1. The molecule has 3 rings (SSSR count). The van der Waals surface area contributed by atoms with Crippen LogP contribution < -0.4 is 0 Å². The molecule has 2 aromatic carbocycles. The highest BCUT2D eigenvalue weighted by Crippen LogP contribution is 2.19. The molecule has 1 amide bonds.